The SMILES string of the molecule is O=c1c2cnc(Nc3ccc4c(c3)CNCC43CC3)nc2cnn1-c1c(Cl)cccc1Cl. The lowest BCUT2D eigenvalue weighted by atomic mass is 9.88. The third kappa shape index (κ3) is 3.16. The number of nitrogens with zero attached hydrogens (tertiary/aromatic N) is 4. The number of hydrogen-bond acceptors (Lipinski definition) is 6. The fourth-order valence-corrected chi connectivity index (χ4v) is 5.00. The molecular weight excluding hydrogens is 447 g/mol. The second-order valence-electron chi connectivity index (χ2n) is 8.31. The molecule has 3 heterocycles. The first-order valence-electron chi connectivity index (χ1n) is 10.3. The minimum absolute atomic E-state index is 0.326. The van der Waals surface area contributed by atoms with Gasteiger partial charge in [-0.1, -0.05) is 35.3 Å². The van der Waals surface area contributed by atoms with Crippen molar-refractivity contribution < 1.29 is 0 Å². The average Bonchev–Trinajstić information content (AvgIpc) is 3.55. The van der Waals surface area contributed by atoms with Gasteiger partial charge >= 0.3 is 0 Å². The second kappa shape index (κ2) is 7.27. The Morgan fingerprint density at radius 1 is 1.09 bits per heavy atom. The van der Waals surface area contributed by atoms with Crippen LogP contribution in [0.15, 0.2) is 53.6 Å². The molecule has 0 amide bonds. The van der Waals surface area contributed by atoms with Crippen molar-refractivity contribution >= 4 is 45.7 Å². The maximum Gasteiger partial charge on any atom is 0.282 e. The zero-order valence-electron chi connectivity index (χ0n) is 16.9. The zero-order valence-corrected chi connectivity index (χ0v) is 18.4. The van der Waals surface area contributed by atoms with E-state index in [1.807, 2.05) is 0 Å². The van der Waals surface area contributed by atoms with Gasteiger partial charge in [0.05, 0.1) is 21.6 Å². The summed E-state index contributed by atoms with van der Waals surface area (Å²) in [6.07, 6.45) is 5.50. The molecule has 9 heteroatoms. The van der Waals surface area contributed by atoms with E-state index in [0.29, 0.717) is 38.0 Å². The van der Waals surface area contributed by atoms with Crippen LogP contribution in [-0.2, 0) is 12.0 Å². The molecule has 1 aliphatic heterocycles. The van der Waals surface area contributed by atoms with Crippen molar-refractivity contribution in [2.45, 2.75) is 24.8 Å². The van der Waals surface area contributed by atoms with E-state index < -0.39 is 5.56 Å². The van der Waals surface area contributed by atoms with E-state index >= 15 is 0 Å². The van der Waals surface area contributed by atoms with Crippen LogP contribution in [0.5, 0.6) is 0 Å². The third-order valence-electron chi connectivity index (χ3n) is 6.25. The quantitative estimate of drug-likeness (QED) is 0.468. The molecule has 1 aliphatic carbocycles. The highest BCUT2D eigenvalue weighted by Crippen LogP contribution is 2.50. The van der Waals surface area contributed by atoms with Gasteiger partial charge in [0.2, 0.25) is 5.95 Å². The topological polar surface area (TPSA) is 84.7 Å². The molecule has 4 aromatic rings. The molecule has 2 aromatic heterocycles. The molecule has 0 radical (unpaired) electrons. The number of hydrogen-bond donors (Lipinski definition) is 2. The van der Waals surface area contributed by atoms with Gasteiger partial charge in [-0.15, -0.1) is 0 Å². The summed E-state index contributed by atoms with van der Waals surface area (Å²) in [5, 5.41) is 12.0. The third-order valence-corrected chi connectivity index (χ3v) is 6.86. The number of nitrogens with one attached hydrogen (secondary N) is 2. The normalized spacial score (nSPS) is 16.2. The Morgan fingerprint density at radius 3 is 2.69 bits per heavy atom. The van der Waals surface area contributed by atoms with E-state index in [0.717, 1.165) is 18.8 Å². The first-order valence-corrected chi connectivity index (χ1v) is 11.1. The summed E-state index contributed by atoms with van der Waals surface area (Å²) in [6.45, 7) is 1.92. The highest BCUT2D eigenvalue weighted by atomic mass is 35.5. The fourth-order valence-electron chi connectivity index (χ4n) is 4.44. The summed E-state index contributed by atoms with van der Waals surface area (Å²) >= 11 is 12.5. The van der Waals surface area contributed by atoms with Crippen LogP contribution in [0.1, 0.15) is 24.0 Å². The van der Waals surface area contributed by atoms with Gasteiger partial charge in [-0.05, 0) is 48.2 Å². The molecule has 2 aromatic carbocycles. The Bertz CT molecular complexity index is 1430. The van der Waals surface area contributed by atoms with Gasteiger partial charge < -0.3 is 10.6 Å². The number of rotatable bonds is 3. The first kappa shape index (κ1) is 19.7. The van der Waals surface area contributed by atoms with E-state index in [4.69, 9.17) is 23.2 Å². The smallest absolute Gasteiger partial charge is 0.282 e. The molecule has 0 unspecified atom stereocenters. The zero-order chi connectivity index (χ0) is 21.9. The van der Waals surface area contributed by atoms with Crippen molar-refractivity contribution in [2.24, 2.45) is 0 Å². The Labute approximate surface area is 193 Å². The van der Waals surface area contributed by atoms with Crippen LogP contribution in [-0.4, -0.2) is 26.3 Å². The Kier molecular flexibility index (Phi) is 4.47. The van der Waals surface area contributed by atoms with Crippen molar-refractivity contribution in [3.05, 3.63) is 80.3 Å². The maximum atomic E-state index is 13.0. The van der Waals surface area contributed by atoms with Crippen LogP contribution in [0.3, 0.4) is 0 Å². The summed E-state index contributed by atoms with van der Waals surface area (Å²) in [6, 6.07) is 11.4. The summed E-state index contributed by atoms with van der Waals surface area (Å²) in [5.74, 6) is 0.400. The largest absolute Gasteiger partial charge is 0.324 e. The van der Waals surface area contributed by atoms with Gasteiger partial charge in [-0.25, -0.2) is 9.97 Å². The van der Waals surface area contributed by atoms with Crippen LogP contribution < -0.4 is 16.2 Å². The lowest BCUT2D eigenvalue weighted by Crippen LogP contribution is -2.33. The summed E-state index contributed by atoms with van der Waals surface area (Å²) < 4.78 is 1.17. The van der Waals surface area contributed by atoms with Crippen LogP contribution in [0.4, 0.5) is 11.6 Å². The highest BCUT2D eigenvalue weighted by Gasteiger charge is 2.46. The fraction of sp³-hybridized carbons (Fsp3) is 0.217. The van der Waals surface area contributed by atoms with E-state index in [1.54, 1.807) is 18.2 Å². The van der Waals surface area contributed by atoms with Crippen molar-refractivity contribution in [1.29, 1.82) is 0 Å². The van der Waals surface area contributed by atoms with Crippen molar-refractivity contribution in [3.63, 3.8) is 0 Å². The molecule has 0 saturated heterocycles. The lowest BCUT2D eigenvalue weighted by molar-refractivity contribution is 0.531. The number of halogens is 2. The van der Waals surface area contributed by atoms with E-state index in [-0.39, 0.29) is 0 Å². The molecule has 160 valence electrons. The molecule has 2 N–H and O–H groups in total. The van der Waals surface area contributed by atoms with Gasteiger partial charge in [0.1, 0.15) is 11.2 Å². The van der Waals surface area contributed by atoms with Crippen molar-refractivity contribution in [3.8, 4) is 5.69 Å². The summed E-state index contributed by atoms with van der Waals surface area (Å²) in [4.78, 5) is 21.8. The molecule has 0 atom stereocenters. The van der Waals surface area contributed by atoms with E-state index in [9.17, 15) is 4.79 Å². The predicted octanol–water partition coefficient (Wildman–Crippen LogP) is 4.36. The van der Waals surface area contributed by atoms with Crippen molar-refractivity contribution in [1.82, 2.24) is 25.1 Å². The number of benzene rings is 2. The molecule has 0 bridgehead atoms. The van der Waals surface area contributed by atoms with Gasteiger partial charge in [-0.2, -0.15) is 9.78 Å². The summed E-state index contributed by atoms with van der Waals surface area (Å²) in [7, 11) is 0. The molecule has 1 spiro atoms. The van der Waals surface area contributed by atoms with E-state index in [2.05, 4.69) is 43.9 Å². The molecule has 2 aliphatic rings. The maximum absolute atomic E-state index is 13.0. The van der Waals surface area contributed by atoms with Gasteiger partial charge in [0.25, 0.3) is 5.56 Å². The minimum Gasteiger partial charge on any atom is -0.324 e. The minimum atomic E-state index is -0.390. The van der Waals surface area contributed by atoms with Crippen LogP contribution in [0.25, 0.3) is 16.6 Å². The molecular formula is C23H18Cl2N6O. The standard InChI is InChI=1S/C23H18Cl2N6O/c24-17-2-1-3-18(25)20(17)31-21(32)15-10-27-22(30-19(15)11-28-31)29-14-4-5-16-13(8-14)9-26-12-23(16)6-7-23/h1-5,8,10-11,26H,6-7,9,12H2,(H,27,29,30). The predicted molar refractivity (Wildman–Crippen MR) is 125 cm³/mol. The number of fused-ring (bicyclic) bond motifs is 3. The Balaban J connectivity index is 1.34. The molecule has 1 fully saturated rings. The first-order chi connectivity index (χ1) is 15.5. The number of anilines is 2. The molecule has 7 nitrogen and oxygen atoms in total. The average molecular weight is 465 g/mol. The Morgan fingerprint density at radius 2 is 1.91 bits per heavy atom. The Hall–Kier alpha value is -3.00. The molecule has 6 rings (SSSR count). The molecule has 32 heavy (non-hydrogen) atoms. The van der Waals surface area contributed by atoms with Crippen LogP contribution in [0, 0.1) is 0 Å². The van der Waals surface area contributed by atoms with Gasteiger partial charge in [0, 0.05) is 30.4 Å². The van der Waals surface area contributed by atoms with E-state index in [1.165, 1.54) is 41.0 Å². The summed E-state index contributed by atoms with van der Waals surface area (Å²) in [5.41, 5.74) is 4.38. The van der Waals surface area contributed by atoms with Gasteiger partial charge in [0.15, 0.2) is 0 Å². The highest BCUT2D eigenvalue weighted by molar-refractivity contribution is 6.37. The number of para-hydroxylation sites is 1. The molecule has 1 saturated carbocycles. The van der Waals surface area contributed by atoms with Gasteiger partial charge in [-0.3, -0.25) is 4.79 Å². The van der Waals surface area contributed by atoms with Crippen LogP contribution in [0.2, 0.25) is 10.0 Å². The lowest BCUT2D eigenvalue weighted by Gasteiger charge is -2.26. The van der Waals surface area contributed by atoms with Crippen molar-refractivity contribution in [2.75, 3.05) is 11.9 Å². The number of aromatic nitrogens is 4. The van der Waals surface area contributed by atoms with Crippen LogP contribution >= 0.6 is 23.2 Å². The second-order valence-corrected chi connectivity index (χ2v) is 9.12. The monoisotopic (exact) mass is 464 g/mol.